The molecule has 7 heteroatoms. The molecule has 0 spiro atoms. The molecule has 0 aromatic heterocycles. The number of rotatable bonds is 4. The quantitative estimate of drug-likeness (QED) is 0.880. The van der Waals surface area contributed by atoms with Crippen molar-refractivity contribution in [3.8, 4) is 5.75 Å². The van der Waals surface area contributed by atoms with Gasteiger partial charge in [-0.2, -0.15) is 4.31 Å². The minimum atomic E-state index is -3.68. The van der Waals surface area contributed by atoms with E-state index >= 15 is 0 Å². The largest absolute Gasteiger partial charge is 0.495 e. The van der Waals surface area contributed by atoms with Crippen molar-refractivity contribution < 1.29 is 18.3 Å². The Hall–Kier alpha value is -0.820. The number of benzene rings is 1. The van der Waals surface area contributed by atoms with E-state index in [2.05, 4.69) is 0 Å². The molecule has 5 nitrogen and oxygen atoms in total. The molecule has 1 aromatic rings. The fourth-order valence-electron chi connectivity index (χ4n) is 3.98. The van der Waals surface area contributed by atoms with Crippen molar-refractivity contribution in [1.82, 2.24) is 4.31 Å². The maximum absolute atomic E-state index is 13.1. The number of hydrogen-bond acceptors (Lipinski definition) is 4. The van der Waals surface area contributed by atoms with Gasteiger partial charge in [0.05, 0.1) is 23.1 Å². The summed E-state index contributed by atoms with van der Waals surface area (Å²) in [7, 11) is -2.19. The molecular weight excluding hydrogens is 350 g/mol. The van der Waals surface area contributed by atoms with Gasteiger partial charge in [-0.05, 0) is 43.4 Å². The lowest BCUT2D eigenvalue weighted by Gasteiger charge is -2.33. The Balaban J connectivity index is 1.90. The molecule has 0 radical (unpaired) electrons. The van der Waals surface area contributed by atoms with Crippen LogP contribution in [0.5, 0.6) is 5.75 Å². The fraction of sp³-hybridized carbons (Fsp3) is 0.647. The Kier molecular flexibility index (Phi) is 5.39. The summed E-state index contributed by atoms with van der Waals surface area (Å²) in [4.78, 5) is 0.156. The first-order valence-electron chi connectivity index (χ1n) is 8.47. The lowest BCUT2D eigenvalue weighted by molar-refractivity contribution is 0.185. The first kappa shape index (κ1) is 18.0. The Bertz CT molecular complexity index is 688. The van der Waals surface area contributed by atoms with Gasteiger partial charge in [0.1, 0.15) is 5.75 Å². The zero-order chi connectivity index (χ0) is 17.3. The van der Waals surface area contributed by atoms with E-state index in [9.17, 15) is 13.5 Å². The van der Waals surface area contributed by atoms with Gasteiger partial charge in [0.2, 0.25) is 10.0 Å². The molecule has 1 aliphatic carbocycles. The van der Waals surface area contributed by atoms with E-state index in [0.29, 0.717) is 18.1 Å². The molecule has 2 unspecified atom stereocenters. The van der Waals surface area contributed by atoms with Crippen molar-refractivity contribution in [1.29, 1.82) is 0 Å². The second kappa shape index (κ2) is 7.20. The predicted octanol–water partition coefficient (Wildman–Crippen LogP) is 3.05. The molecule has 2 atom stereocenters. The van der Waals surface area contributed by atoms with Gasteiger partial charge in [0.15, 0.2) is 0 Å². The van der Waals surface area contributed by atoms with Crippen molar-refractivity contribution in [2.45, 2.75) is 55.6 Å². The van der Waals surface area contributed by atoms with Crippen LogP contribution in [0.15, 0.2) is 23.1 Å². The standard InChI is InChI=1S/C17H24ClNO4S/c1-23-17-8-7-14(10-15(17)18)24(21,22)19-11-13(20)9-16(19)12-5-3-2-4-6-12/h7-8,10,12-13,16,20H,2-6,9,11H2,1H3. The second-order valence-corrected chi connectivity index (χ2v) is 9.02. The van der Waals surface area contributed by atoms with Gasteiger partial charge in [-0.15, -0.1) is 0 Å². The normalized spacial score (nSPS) is 26.6. The van der Waals surface area contributed by atoms with E-state index in [4.69, 9.17) is 16.3 Å². The van der Waals surface area contributed by atoms with Gasteiger partial charge in [-0.25, -0.2) is 8.42 Å². The van der Waals surface area contributed by atoms with Crippen molar-refractivity contribution in [2.24, 2.45) is 5.92 Å². The molecule has 2 fully saturated rings. The van der Waals surface area contributed by atoms with Crippen LogP contribution in [0.2, 0.25) is 5.02 Å². The SMILES string of the molecule is COc1ccc(S(=O)(=O)N2CC(O)CC2C2CCCCC2)cc1Cl. The van der Waals surface area contributed by atoms with Crippen LogP contribution < -0.4 is 4.74 Å². The van der Waals surface area contributed by atoms with Crippen LogP contribution in [0.3, 0.4) is 0 Å². The third-order valence-electron chi connectivity index (χ3n) is 5.20. The molecule has 1 N–H and O–H groups in total. The molecular formula is C17H24ClNO4S. The second-order valence-electron chi connectivity index (χ2n) is 6.73. The number of nitrogens with zero attached hydrogens (tertiary/aromatic N) is 1. The lowest BCUT2D eigenvalue weighted by atomic mass is 9.83. The molecule has 1 saturated heterocycles. The highest BCUT2D eigenvalue weighted by atomic mass is 35.5. The maximum Gasteiger partial charge on any atom is 0.243 e. The van der Waals surface area contributed by atoms with Crippen molar-refractivity contribution in [3.63, 3.8) is 0 Å². The summed E-state index contributed by atoms with van der Waals surface area (Å²) in [5.74, 6) is 0.778. The van der Waals surface area contributed by atoms with Gasteiger partial charge in [-0.1, -0.05) is 30.9 Å². The first-order chi connectivity index (χ1) is 11.4. The molecule has 134 valence electrons. The summed E-state index contributed by atoms with van der Waals surface area (Å²) in [6.07, 6.45) is 5.49. The van der Waals surface area contributed by atoms with Crippen LogP contribution in [-0.2, 0) is 10.0 Å². The number of methoxy groups -OCH3 is 1. The summed E-state index contributed by atoms with van der Waals surface area (Å²) in [6, 6.07) is 4.39. The molecule has 1 heterocycles. The number of hydrogen-bond donors (Lipinski definition) is 1. The summed E-state index contributed by atoms with van der Waals surface area (Å²) >= 11 is 6.10. The van der Waals surface area contributed by atoms with Crippen molar-refractivity contribution in [2.75, 3.05) is 13.7 Å². The molecule has 0 bridgehead atoms. The highest BCUT2D eigenvalue weighted by Crippen LogP contribution is 2.38. The minimum absolute atomic E-state index is 0.119. The van der Waals surface area contributed by atoms with Crippen LogP contribution in [0.4, 0.5) is 0 Å². The number of ether oxygens (including phenoxy) is 1. The number of aliphatic hydroxyl groups is 1. The van der Waals surface area contributed by atoms with E-state index in [0.717, 1.165) is 25.7 Å². The van der Waals surface area contributed by atoms with Crippen LogP contribution in [0.1, 0.15) is 38.5 Å². The van der Waals surface area contributed by atoms with Gasteiger partial charge >= 0.3 is 0 Å². The van der Waals surface area contributed by atoms with E-state index in [-0.39, 0.29) is 22.5 Å². The van der Waals surface area contributed by atoms with Crippen LogP contribution in [-0.4, -0.2) is 43.6 Å². The molecule has 3 rings (SSSR count). The molecule has 1 saturated carbocycles. The molecule has 2 aliphatic rings. The Labute approximate surface area is 148 Å². The molecule has 0 amide bonds. The lowest BCUT2D eigenvalue weighted by Crippen LogP contribution is -2.40. The fourth-order valence-corrected chi connectivity index (χ4v) is 6.06. The number of β-amino-alcohol motifs (C(OH)–C–C–N with tert-alkyl or cyclic N) is 1. The highest BCUT2D eigenvalue weighted by molar-refractivity contribution is 7.89. The first-order valence-corrected chi connectivity index (χ1v) is 10.3. The van der Waals surface area contributed by atoms with E-state index in [1.807, 2.05) is 0 Å². The third kappa shape index (κ3) is 3.43. The number of sulfonamides is 1. The van der Waals surface area contributed by atoms with Gasteiger partial charge in [0.25, 0.3) is 0 Å². The van der Waals surface area contributed by atoms with Crippen LogP contribution >= 0.6 is 11.6 Å². The minimum Gasteiger partial charge on any atom is -0.495 e. The third-order valence-corrected chi connectivity index (χ3v) is 7.38. The zero-order valence-corrected chi connectivity index (χ0v) is 15.4. The summed E-state index contributed by atoms with van der Waals surface area (Å²) in [5.41, 5.74) is 0. The average molecular weight is 374 g/mol. The zero-order valence-electron chi connectivity index (χ0n) is 13.8. The van der Waals surface area contributed by atoms with Gasteiger partial charge < -0.3 is 9.84 Å². The van der Waals surface area contributed by atoms with Gasteiger partial charge in [0, 0.05) is 12.6 Å². The number of halogens is 1. The summed E-state index contributed by atoms with van der Waals surface area (Å²) in [6.45, 7) is 0.160. The van der Waals surface area contributed by atoms with E-state index < -0.39 is 16.1 Å². The molecule has 1 aliphatic heterocycles. The average Bonchev–Trinajstić information content (AvgIpc) is 2.98. The summed E-state index contributed by atoms with van der Waals surface area (Å²) in [5, 5.41) is 10.4. The topological polar surface area (TPSA) is 66.8 Å². The predicted molar refractivity (Wildman–Crippen MR) is 92.9 cm³/mol. The smallest absolute Gasteiger partial charge is 0.243 e. The van der Waals surface area contributed by atoms with Gasteiger partial charge in [-0.3, -0.25) is 0 Å². The molecule has 1 aromatic carbocycles. The van der Waals surface area contributed by atoms with Crippen molar-refractivity contribution in [3.05, 3.63) is 23.2 Å². The van der Waals surface area contributed by atoms with Crippen molar-refractivity contribution >= 4 is 21.6 Å². The summed E-state index contributed by atoms with van der Waals surface area (Å²) < 4.78 is 32.8. The Morgan fingerprint density at radius 1 is 1.25 bits per heavy atom. The maximum atomic E-state index is 13.1. The molecule has 24 heavy (non-hydrogen) atoms. The van der Waals surface area contributed by atoms with Crippen LogP contribution in [0.25, 0.3) is 0 Å². The Morgan fingerprint density at radius 3 is 2.58 bits per heavy atom. The number of aliphatic hydroxyl groups excluding tert-OH is 1. The van der Waals surface area contributed by atoms with E-state index in [1.54, 1.807) is 6.07 Å². The van der Waals surface area contributed by atoms with Crippen LogP contribution in [0, 0.1) is 5.92 Å². The Morgan fingerprint density at radius 2 is 1.96 bits per heavy atom. The van der Waals surface area contributed by atoms with E-state index in [1.165, 1.54) is 30.0 Å². The highest BCUT2D eigenvalue weighted by Gasteiger charge is 2.43. The monoisotopic (exact) mass is 373 g/mol.